The van der Waals surface area contributed by atoms with E-state index < -0.39 is 11.9 Å². The number of hydrogen-bond acceptors (Lipinski definition) is 7. The van der Waals surface area contributed by atoms with Gasteiger partial charge < -0.3 is 19.2 Å². The van der Waals surface area contributed by atoms with Crippen LogP contribution in [0, 0.1) is 5.41 Å². The van der Waals surface area contributed by atoms with Crippen LogP contribution in [0.1, 0.15) is 48.3 Å². The van der Waals surface area contributed by atoms with Crippen molar-refractivity contribution in [2.24, 2.45) is 10.5 Å². The molecule has 0 atom stereocenters. The molecule has 2 aliphatic rings. The second kappa shape index (κ2) is 7.49. The number of rotatable bonds is 7. The molecule has 28 heavy (non-hydrogen) atoms. The molecule has 2 heterocycles. The van der Waals surface area contributed by atoms with E-state index in [4.69, 9.17) is 14.2 Å². The summed E-state index contributed by atoms with van der Waals surface area (Å²) in [5, 5.41) is 4.16. The van der Waals surface area contributed by atoms with Gasteiger partial charge in [0.1, 0.15) is 0 Å². The van der Waals surface area contributed by atoms with Crippen molar-refractivity contribution in [3.63, 3.8) is 0 Å². The first kappa shape index (κ1) is 19.7. The first-order chi connectivity index (χ1) is 13.3. The van der Waals surface area contributed by atoms with Gasteiger partial charge in [0, 0.05) is 11.0 Å². The van der Waals surface area contributed by atoms with E-state index in [2.05, 4.69) is 15.5 Å². The van der Waals surface area contributed by atoms with Gasteiger partial charge in [0.05, 0.1) is 49.8 Å². The van der Waals surface area contributed by atoms with E-state index in [0.29, 0.717) is 29.1 Å². The number of nitrogens with zero attached hydrogens (tertiary/aromatic N) is 1. The summed E-state index contributed by atoms with van der Waals surface area (Å²) in [4.78, 5) is 39.7. The van der Waals surface area contributed by atoms with Crippen molar-refractivity contribution >= 4 is 29.6 Å². The van der Waals surface area contributed by atoms with E-state index in [-0.39, 0.29) is 29.2 Å². The Morgan fingerprint density at radius 1 is 1.25 bits per heavy atom. The van der Waals surface area contributed by atoms with Crippen LogP contribution in [0.2, 0.25) is 0 Å². The van der Waals surface area contributed by atoms with E-state index >= 15 is 0 Å². The van der Waals surface area contributed by atoms with E-state index in [1.807, 2.05) is 6.92 Å². The molecule has 3 rings (SSSR count). The predicted octanol–water partition coefficient (Wildman–Crippen LogP) is 1.58. The number of carbonyl (C=O) groups is 3. The number of aromatic nitrogens is 1. The van der Waals surface area contributed by atoms with Crippen molar-refractivity contribution in [3.05, 3.63) is 22.4 Å². The number of hydrazone groups is 1. The van der Waals surface area contributed by atoms with Gasteiger partial charge >= 0.3 is 11.9 Å². The maximum absolute atomic E-state index is 12.5. The lowest BCUT2D eigenvalue weighted by atomic mass is 9.94. The standard InChI is InChI=1S/C19H23N3O6/c1-5-28-17-10(9-13(23)26-3)14(18(25)27-4)12(20-17)8-11-15(19(2)6-7-19)21-22-16(11)24/h8,20H,5-7,9H2,1-4H3,(H,22,24). The average molecular weight is 389 g/mol. The summed E-state index contributed by atoms with van der Waals surface area (Å²) in [6, 6.07) is 0. The van der Waals surface area contributed by atoms with Gasteiger partial charge in [-0.05, 0) is 25.8 Å². The van der Waals surface area contributed by atoms with E-state index in [9.17, 15) is 14.4 Å². The number of hydrogen-bond donors (Lipinski definition) is 2. The molecule has 1 fully saturated rings. The molecule has 1 aromatic heterocycles. The maximum Gasteiger partial charge on any atom is 0.340 e. The van der Waals surface area contributed by atoms with Crippen molar-refractivity contribution < 1.29 is 28.6 Å². The van der Waals surface area contributed by atoms with Crippen molar-refractivity contribution in [1.29, 1.82) is 0 Å². The summed E-state index contributed by atoms with van der Waals surface area (Å²) < 4.78 is 15.2. The third-order valence-corrected chi connectivity index (χ3v) is 4.95. The van der Waals surface area contributed by atoms with Gasteiger partial charge in [0.25, 0.3) is 5.91 Å². The molecule has 1 amide bonds. The third-order valence-electron chi connectivity index (χ3n) is 4.95. The summed E-state index contributed by atoms with van der Waals surface area (Å²) in [6.07, 6.45) is 3.25. The van der Waals surface area contributed by atoms with Gasteiger partial charge in [-0.15, -0.1) is 0 Å². The minimum atomic E-state index is -0.650. The number of amides is 1. The van der Waals surface area contributed by atoms with Gasteiger partial charge in [0.2, 0.25) is 0 Å². The predicted molar refractivity (Wildman–Crippen MR) is 99.9 cm³/mol. The van der Waals surface area contributed by atoms with Crippen LogP contribution in [0.3, 0.4) is 0 Å². The monoisotopic (exact) mass is 389 g/mol. The highest BCUT2D eigenvalue weighted by Gasteiger charge is 2.47. The number of aromatic amines is 1. The molecule has 0 radical (unpaired) electrons. The lowest BCUT2D eigenvalue weighted by Gasteiger charge is -2.08. The normalized spacial score (nSPS) is 18.5. The molecule has 1 aliphatic carbocycles. The number of nitrogens with one attached hydrogen (secondary N) is 2. The molecule has 2 N–H and O–H groups in total. The van der Waals surface area contributed by atoms with Gasteiger partial charge in [-0.3, -0.25) is 9.59 Å². The minimum Gasteiger partial charge on any atom is -0.479 e. The molecule has 9 nitrogen and oxygen atoms in total. The van der Waals surface area contributed by atoms with Crippen LogP contribution in [0.15, 0.2) is 10.7 Å². The zero-order valence-electron chi connectivity index (χ0n) is 16.3. The molecular formula is C19H23N3O6. The fourth-order valence-electron chi connectivity index (χ4n) is 3.13. The largest absolute Gasteiger partial charge is 0.479 e. The Hall–Kier alpha value is -3.10. The van der Waals surface area contributed by atoms with Crippen molar-refractivity contribution in [1.82, 2.24) is 10.4 Å². The number of H-pyrrole nitrogens is 1. The molecule has 9 heteroatoms. The molecule has 0 saturated heterocycles. The minimum absolute atomic E-state index is 0.129. The van der Waals surface area contributed by atoms with Crippen LogP contribution < -0.4 is 10.2 Å². The molecular weight excluding hydrogens is 366 g/mol. The summed E-state index contributed by atoms with van der Waals surface area (Å²) in [5.41, 5.74) is 4.13. The lowest BCUT2D eigenvalue weighted by Crippen LogP contribution is -2.17. The fraction of sp³-hybridized carbons (Fsp3) is 0.474. The molecule has 0 unspecified atom stereocenters. The molecule has 150 valence electrons. The van der Waals surface area contributed by atoms with Gasteiger partial charge in [0.15, 0.2) is 5.88 Å². The summed E-state index contributed by atoms with van der Waals surface area (Å²) >= 11 is 0. The molecule has 1 saturated carbocycles. The maximum atomic E-state index is 12.5. The fourth-order valence-corrected chi connectivity index (χ4v) is 3.13. The highest BCUT2D eigenvalue weighted by Crippen LogP contribution is 2.49. The summed E-state index contributed by atoms with van der Waals surface area (Å²) in [5.74, 6) is -1.27. The Morgan fingerprint density at radius 2 is 1.96 bits per heavy atom. The lowest BCUT2D eigenvalue weighted by molar-refractivity contribution is -0.139. The molecule has 1 aliphatic heterocycles. The zero-order valence-corrected chi connectivity index (χ0v) is 16.3. The zero-order chi connectivity index (χ0) is 20.5. The van der Waals surface area contributed by atoms with E-state index in [0.717, 1.165) is 12.8 Å². The van der Waals surface area contributed by atoms with Crippen LogP contribution in [0.5, 0.6) is 5.88 Å². The number of esters is 2. The second-order valence-electron chi connectivity index (χ2n) is 6.92. The first-order valence-electron chi connectivity index (χ1n) is 8.98. The highest BCUT2D eigenvalue weighted by atomic mass is 16.5. The Balaban J connectivity index is 2.13. The molecule has 0 aromatic carbocycles. The molecule has 1 aromatic rings. The van der Waals surface area contributed by atoms with Crippen molar-refractivity contribution in [2.45, 2.75) is 33.1 Å². The van der Waals surface area contributed by atoms with Gasteiger partial charge in [-0.2, -0.15) is 5.10 Å². The van der Waals surface area contributed by atoms with Gasteiger partial charge in [-0.1, -0.05) is 6.92 Å². The third kappa shape index (κ3) is 3.51. The van der Waals surface area contributed by atoms with Gasteiger partial charge in [-0.25, -0.2) is 10.2 Å². The number of carbonyl (C=O) groups excluding carboxylic acids is 3. The van der Waals surface area contributed by atoms with Crippen molar-refractivity contribution in [2.75, 3.05) is 20.8 Å². The Kier molecular flexibility index (Phi) is 5.26. The Bertz CT molecular complexity index is 892. The topological polar surface area (TPSA) is 119 Å². The van der Waals surface area contributed by atoms with Crippen LogP contribution in [-0.2, 0) is 25.5 Å². The van der Waals surface area contributed by atoms with Crippen LogP contribution in [0.4, 0.5) is 0 Å². The van der Waals surface area contributed by atoms with E-state index in [1.165, 1.54) is 14.2 Å². The summed E-state index contributed by atoms with van der Waals surface area (Å²) in [6.45, 7) is 4.13. The second-order valence-corrected chi connectivity index (χ2v) is 6.92. The first-order valence-corrected chi connectivity index (χ1v) is 8.98. The number of methoxy groups -OCH3 is 2. The summed E-state index contributed by atoms with van der Waals surface area (Å²) in [7, 11) is 2.51. The van der Waals surface area contributed by atoms with E-state index in [1.54, 1.807) is 13.0 Å². The Morgan fingerprint density at radius 3 is 2.54 bits per heavy atom. The van der Waals surface area contributed by atoms with Crippen molar-refractivity contribution in [3.8, 4) is 5.88 Å². The van der Waals surface area contributed by atoms with Crippen LogP contribution in [0.25, 0.3) is 6.08 Å². The smallest absolute Gasteiger partial charge is 0.340 e. The van der Waals surface area contributed by atoms with Crippen LogP contribution >= 0.6 is 0 Å². The number of ether oxygens (including phenoxy) is 3. The molecule has 0 spiro atoms. The highest BCUT2D eigenvalue weighted by molar-refractivity contribution is 6.30. The SMILES string of the molecule is CCOc1[nH]c(C=C2C(=O)NN=C2C2(C)CC2)c(C(=O)OC)c1CC(=O)OC. The van der Waals surface area contributed by atoms with Crippen LogP contribution in [-0.4, -0.2) is 49.4 Å². The average Bonchev–Trinajstić information content (AvgIpc) is 3.18. The Labute approximate surface area is 162 Å². The quantitative estimate of drug-likeness (QED) is 0.540. The molecule has 0 bridgehead atoms.